The number of methoxy groups -OCH3 is 2. The van der Waals surface area contributed by atoms with Crippen molar-refractivity contribution < 1.29 is 67.5 Å². The van der Waals surface area contributed by atoms with E-state index in [1.54, 1.807) is 40.2 Å². The van der Waals surface area contributed by atoms with Crippen molar-refractivity contribution in [2.75, 3.05) is 20.8 Å². The van der Waals surface area contributed by atoms with Gasteiger partial charge in [0.1, 0.15) is 42.0 Å². The van der Waals surface area contributed by atoms with Gasteiger partial charge >= 0.3 is 5.97 Å². The Morgan fingerprint density at radius 1 is 0.846 bits per heavy atom. The first-order chi connectivity index (χ1) is 30.9. The van der Waals surface area contributed by atoms with Crippen LogP contribution in [0.25, 0.3) is 0 Å². The zero-order chi connectivity index (χ0) is 47.0. The molecule has 4 fully saturated rings. The summed E-state index contributed by atoms with van der Waals surface area (Å²) in [5, 5.41) is 34.4. The van der Waals surface area contributed by atoms with E-state index in [-0.39, 0.29) is 36.6 Å². The number of rotatable bonds is 10. The average molecular weight is 915 g/mol. The number of carbonyl (C=O) groups is 1. The minimum atomic E-state index is -1.84. The number of aliphatic hydroxyl groups excluding tert-OH is 2. The maximum absolute atomic E-state index is 14.5. The summed E-state index contributed by atoms with van der Waals surface area (Å²) in [4.78, 5) is 14.5. The summed E-state index contributed by atoms with van der Waals surface area (Å²) in [5.74, 6) is -2.01. The highest BCUT2D eigenvalue weighted by atomic mass is 16.7. The van der Waals surface area contributed by atoms with Crippen LogP contribution in [0.3, 0.4) is 0 Å². The molecule has 1 spiro atoms. The van der Waals surface area contributed by atoms with Gasteiger partial charge in [0.15, 0.2) is 18.4 Å². The van der Waals surface area contributed by atoms with Crippen LogP contribution in [-0.2, 0) is 52.2 Å². The molecule has 1 aliphatic carbocycles. The molecule has 0 aromatic heterocycles. The van der Waals surface area contributed by atoms with E-state index in [1.807, 2.05) is 32.1 Å². The first-order valence-corrected chi connectivity index (χ1v) is 24.2. The van der Waals surface area contributed by atoms with E-state index >= 15 is 0 Å². The second-order valence-corrected chi connectivity index (χ2v) is 20.5. The molecule has 0 aromatic rings. The minimum Gasteiger partial charge on any atom is -0.462 e. The molecule has 7 rings (SSSR count). The summed E-state index contributed by atoms with van der Waals surface area (Å²) in [5.41, 5.74) is 0.135. The molecule has 2 bridgehead atoms. The predicted octanol–water partition coefficient (Wildman–Crippen LogP) is 6.40. The monoisotopic (exact) mass is 915 g/mol. The van der Waals surface area contributed by atoms with E-state index in [2.05, 4.69) is 46.8 Å². The van der Waals surface area contributed by atoms with Crippen LogP contribution >= 0.6 is 0 Å². The van der Waals surface area contributed by atoms with E-state index < -0.39 is 96.9 Å². The van der Waals surface area contributed by atoms with Crippen LogP contribution < -0.4 is 0 Å². The Balaban J connectivity index is 1.18. The summed E-state index contributed by atoms with van der Waals surface area (Å²) in [6.45, 7) is 18.5. The summed E-state index contributed by atoms with van der Waals surface area (Å²) in [6.07, 6.45) is 9.75. The molecule has 3 N–H and O–H groups in total. The molecule has 7 aliphatic rings. The topological polar surface area (TPSA) is 170 Å². The van der Waals surface area contributed by atoms with Crippen LogP contribution in [-0.4, -0.2) is 139 Å². The standard InChI is InChI=1S/C51H78O14/c1-27(2)15-16-30(5)46-31(6)19-20-50(65-46)25-37-22-36(64-50)18-17-29(4)45(28(3)13-12-14-35-26-58-48-43(52)32(7)21-38(49(54)61-37)51(35,48)55)62-42-24-40(57-11)47(34(9)60-42)63-41-23-39(56-10)44(53)33(8)59-41/h12-14,17,19-21,27-28,30-31,33-34,36-48,52-53,55H,15-16,18,22-26H2,1-11H3. The third-order valence-corrected chi connectivity index (χ3v) is 15.1. The van der Waals surface area contributed by atoms with Crippen molar-refractivity contribution in [2.24, 2.45) is 29.6 Å². The summed E-state index contributed by atoms with van der Waals surface area (Å²) in [7, 11) is 3.22. The fraction of sp³-hybridized carbons (Fsp3) is 0.784. The van der Waals surface area contributed by atoms with Crippen LogP contribution in [0.4, 0.5) is 0 Å². The van der Waals surface area contributed by atoms with Gasteiger partial charge in [-0.25, -0.2) is 0 Å². The predicted molar refractivity (Wildman–Crippen MR) is 241 cm³/mol. The van der Waals surface area contributed by atoms with Crippen LogP contribution in [0.1, 0.15) is 107 Å². The van der Waals surface area contributed by atoms with Crippen molar-refractivity contribution in [3.63, 3.8) is 0 Å². The first-order valence-electron chi connectivity index (χ1n) is 24.2. The van der Waals surface area contributed by atoms with E-state index in [1.165, 1.54) is 0 Å². The first kappa shape index (κ1) is 50.6. The molecule has 0 saturated carbocycles. The van der Waals surface area contributed by atoms with Crippen molar-refractivity contribution in [1.82, 2.24) is 0 Å². The Morgan fingerprint density at radius 2 is 1.55 bits per heavy atom. The van der Waals surface area contributed by atoms with Crippen molar-refractivity contribution in [3.05, 3.63) is 59.3 Å². The molecule has 14 nitrogen and oxygen atoms in total. The van der Waals surface area contributed by atoms with Crippen LogP contribution in [0.2, 0.25) is 0 Å². The largest absolute Gasteiger partial charge is 0.462 e. The molecule has 6 heterocycles. The van der Waals surface area contributed by atoms with Gasteiger partial charge in [0.05, 0.1) is 49.3 Å². The van der Waals surface area contributed by atoms with Gasteiger partial charge in [-0.3, -0.25) is 4.79 Å². The number of esters is 1. The number of fused-ring (bicyclic) bond motifs is 2. The molecular formula is C51H78O14. The van der Waals surface area contributed by atoms with Gasteiger partial charge in [-0.1, -0.05) is 77.5 Å². The number of ether oxygens (including phenoxy) is 10. The average Bonchev–Trinajstić information content (AvgIpc) is 3.60. The lowest BCUT2D eigenvalue weighted by Crippen LogP contribution is -2.58. The highest BCUT2D eigenvalue weighted by Crippen LogP contribution is 2.47. The lowest BCUT2D eigenvalue weighted by atomic mass is 9.71. The Kier molecular flexibility index (Phi) is 16.4. The van der Waals surface area contributed by atoms with E-state index in [4.69, 9.17) is 47.4 Å². The highest BCUT2D eigenvalue weighted by Gasteiger charge is 2.60. The maximum atomic E-state index is 14.5. The van der Waals surface area contributed by atoms with Gasteiger partial charge in [0.25, 0.3) is 0 Å². The zero-order valence-corrected chi connectivity index (χ0v) is 40.5. The van der Waals surface area contributed by atoms with Gasteiger partial charge in [0, 0.05) is 51.7 Å². The fourth-order valence-corrected chi connectivity index (χ4v) is 11.1. The lowest BCUT2D eigenvalue weighted by molar-refractivity contribution is -0.318. The third-order valence-electron chi connectivity index (χ3n) is 15.1. The molecule has 20 atom stereocenters. The van der Waals surface area contributed by atoms with Crippen molar-refractivity contribution in [1.29, 1.82) is 0 Å². The molecule has 20 unspecified atom stereocenters. The summed E-state index contributed by atoms with van der Waals surface area (Å²) >= 11 is 0. The Labute approximate surface area is 386 Å². The Morgan fingerprint density at radius 3 is 2.28 bits per heavy atom. The molecule has 0 aromatic carbocycles. The number of hydrogen-bond acceptors (Lipinski definition) is 14. The third kappa shape index (κ3) is 10.9. The van der Waals surface area contributed by atoms with Crippen LogP contribution in [0.15, 0.2) is 59.3 Å². The molecule has 0 radical (unpaired) electrons. The second kappa shape index (κ2) is 21.1. The fourth-order valence-electron chi connectivity index (χ4n) is 11.1. The van der Waals surface area contributed by atoms with Gasteiger partial charge in [-0.05, 0) is 75.2 Å². The molecule has 366 valence electrons. The minimum absolute atomic E-state index is 0.0311. The van der Waals surface area contributed by atoms with Gasteiger partial charge in [-0.15, -0.1) is 0 Å². The molecule has 6 aliphatic heterocycles. The Bertz CT molecular complexity index is 1790. The molecule has 65 heavy (non-hydrogen) atoms. The van der Waals surface area contributed by atoms with Crippen molar-refractivity contribution in [2.45, 2.75) is 204 Å². The summed E-state index contributed by atoms with van der Waals surface area (Å²) < 4.78 is 64.1. The Hall–Kier alpha value is -2.31. The van der Waals surface area contributed by atoms with E-state index in [0.717, 1.165) is 18.4 Å². The SMILES string of the molecule is COC1CC(OC2C(C)OC(OC3C(C)=CCC4CC(CC5(C=CC(C)C(C(C)CCC(C)C)O5)O4)OC(=O)C4C=C(C)C(O)C5OCC(=CC=CC3C)C45O)CC2OC)OC(C)C1O. The van der Waals surface area contributed by atoms with Gasteiger partial charge < -0.3 is 62.7 Å². The number of aliphatic hydroxyl groups is 3. The van der Waals surface area contributed by atoms with Crippen LogP contribution in [0, 0.1) is 29.6 Å². The van der Waals surface area contributed by atoms with Gasteiger partial charge in [0.2, 0.25) is 0 Å². The lowest BCUT2D eigenvalue weighted by Gasteiger charge is -2.48. The smallest absolute Gasteiger partial charge is 0.316 e. The van der Waals surface area contributed by atoms with E-state index in [0.29, 0.717) is 49.2 Å². The van der Waals surface area contributed by atoms with Crippen LogP contribution in [0.5, 0.6) is 0 Å². The zero-order valence-electron chi connectivity index (χ0n) is 40.5. The van der Waals surface area contributed by atoms with E-state index in [9.17, 15) is 20.1 Å². The number of allylic oxidation sites excluding steroid dienone is 2. The van der Waals surface area contributed by atoms with Gasteiger partial charge in [-0.2, -0.15) is 0 Å². The summed E-state index contributed by atoms with van der Waals surface area (Å²) in [6, 6.07) is 0. The highest BCUT2D eigenvalue weighted by molar-refractivity contribution is 5.78. The maximum Gasteiger partial charge on any atom is 0.316 e. The molecule has 0 amide bonds. The van der Waals surface area contributed by atoms with Crippen molar-refractivity contribution in [3.8, 4) is 0 Å². The quantitative estimate of drug-likeness (QED) is 0.163. The second-order valence-electron chi connectivity index (χ2n) is 20.5. The molecule has 4 saturated heterocycles. The number of hydrogen-bond donors (Lipinski definition) is 3. The molecular weight excluding hydrogens is 837 g/mol. The number of carbonyl (C=O) groups excluding carboxylic acids is 1. The normalized spacial score (nSPS) is 45.4. The molecule has 14 heteroatoms. The van der Waals surface area contributed by atoms with Crippen molar-refractivity contribution >= 4 is 5.97 Å².